The summed E-state index contributed by atoms with van der Waals surface area (Å²) in [6, 6.07) is 15.1. The van der Waals surface area contributed by atoms with Gasteiger partial charge in [0.1, 0.15) is 5.82 Å². The first-order valence-corrected chi connectivity index (χ1v) is 7.41. The molecule has 1 N–H and O–H groups in total. The Kier molecular flexibility index (Phi) is 4.79. The molecule has 1 nitrogen and oxygen atoms in total. The smallest absolute Gasteiger partial charge is 0.127 e. The third-order valence-electron chi connectivity index (χ3n) is 4.11. The van der Waals surface area contributed by atoms with Gasteiger partial charge in [0.2, 0.25) is 0 Å². The van der Waals surface area contributed by atoms with Crippen molar-refractivity contribution >= 4 is 0 Å². The third-order valence-corrected chi connectivity index (χ3v) is 4.11. The van der Waals surface area contributed by atoms with Gasteiger partial charge in [-0.2, -0.15) is 0 Å². The summed E-state index contributed by atoms with van der Waals surface area (Å²) >= 11 is 0. The Bertz CT molecular complexity index is 589. The van der Waals surface area contributed by atoms with Crippen molar-refractivity contribution in [2.75, 3.05) is 6.61 Å². The highest BCUT2D eigenvalue weighted by Gasteiger charge is 2.29. The molecule has 2 aromatic rings. The number of aliphatic hydroxyl groups excluding tert-OH is 1. The Morgan fingerprint density at radius 3 is 2.19 bits per heavy atom. The second-order valence-electron chi connectivity index (χ2n) is 6.27. The molecule has 21 heavy (non-hydrogen) atoms. The quantitative estimate of drug-likeness (QED) is 0.861. The molecule has 2 heteroatoms. The molecule has 0 radical (unpaired) electrons. The van der Waals surface area contributed by atoms with Crippen LogP contribution in [-0.4, -0.2) is 11.7 Å². The normalized spacial score (nSPS) is 14.2. The van der Waals surface area contributed by atoms with Crippen LogP contribution in [0, 0.1) is 5.82 Å². The highest BCUT2D eigenvalue weighted by atomic mass is 19.1. The van der Waals surface area contributed by atoms with Gasteiger partial charge in [0.25, 0.3) is 0 Å². The first kappa shape index (κ1) is 15.7. The molecular weight excluding hydrogens is 263 g/mol. The number of rotatable bonds is 5. The summed E-state index contributed by atoms with van der Waals surface area (Å²) < 4.78 is 14.0. The molecule has 0 aromatic heterocycles. The van der Waals surface area contributed by atoms with Crippen molar-refractivity contribution in [2.45, 2.75) is 38.5 Å². The van der Waals surface area contributed by atoms with E-state index in [4.69, 9.17) is 0 Å². The van der Waals surface area contributed by atoms with E-state index in [0.717, 1.165) is 5.56 Å². The molecule has 0 amide bonds. The zero-order valence-electron chi connectivity index (χ0n) is 12.9. The first-order chi connectivity index (χ1) is 9.96. The minimum absolute atomic E-state index is 0.0835. The largest absolute Gasteiger partial charge is 0.395 e. The van der Waals surface area contributed by atoms with Crippen molar-refractivity contribution in [3.63, 3.8) is 0 Å². The van der Waals surface area contributed by atoms with Gasteiger partial charge in [0, 0.05) is 5.41 Å². The molecule has 0 saturated heterocycles. The fourth-order valence-electron chi connectivity index (χ4n) is 2.66. The molecular formula is C19H23FO. The highest BCUT2D eigenvalue weighted by Crippen LogP contribution is 2.30. The first-order valence-electron chi connectivity index (χ1n) is 7.41. The number of hydrogen-bond donors (Lipinski definition) is 1. The summed E-state index contributed by atoms with van der Waals surface area (Å²) in [5, 5.41) is 9.80. The summed E-state index contributed by atoms with van der Waals surface area (Å²) in [6.45, 7) is 6.14. The zero-order chi connectivity index (χ0) is 15.5. The van der Waals surface area contributed by atoms with E-state index in [1.165, 1.54) is 11.6 Å². The van der Waals surface area contributed by atoms with Crippen LogP contribution in [0.5, 0.6) is 0 Å². The summed E-state index contributed by atoms with van der Waals surface area (Å²) in [5.74, 6) is 0.239. The Morgan fingerprint density at radius 1 is 1.05 bits per heavy atom. The molecule has 0 spiro atoms. The number of halogens is 1. The molecule has 0 heterocycles. The predicted molar refractivity (Wildman–Crippen MR) is 85.1 cm³/mol. The van der Waals surface area contributed by atoms with Crippen molar-refractivity contribution < 1.29 is 9.50 Å². The van der Waals surface area contributed by atoms with Gasteiger partial charge in [0.05, 0.1) is 6.61 Å². The monoisotopic (exact) mass is 286 g/mol. The molecule has 0 saturated carbocycles. The number of hydrogen-bond acceptors (Lipinski definition) is 1. The Morgan fingerprint density at radius 2 is 1.67 bits per heavy atom. The standard InChI is InChI=1S/C19H23FO/c1-14(2)16-10-8-15(9-11-16)12-19(3,13-21)17-6-4-5-7-18(17)20/h4-11,14,21H,12-13H2,1-3H3. The second kappa shape index (κ2) is 6.40. The van der Waals surface area contributed by atoms with Gasteiger partial charge in [-0.15, -0.1) is 0 Å². The topological polar surface area (TPSA) is 20.2 Å². The van der Waals surface area contributed by atoms with Gasteiger partial charge in [-0.25, -0.2) is 4.39 Å². The van der Waals surface area contributed by atoms with Crippen LogP contribution in [0.1, 0.15) is 43.4 Å². The molecule has 0 fully saturated rings. The van der Waals surface area contributed by atoms with Crippen molar-refractivity contribution in [3.8, 4) is 0 Å². The molecule has 0 bridgehead atoms. The van der Waals surface area contributed by atoms with E-state index in [-0.39, 0.29) is 12.4 Å². The van der Waals surface area contributed by atoms with Crippen molar-refractivity contribution in [2.24, 2.45) is 0 Å². The van der Waals surface area contributed by atoms with E-state index in [1.54, 1.807) is 12.1 Å². The van der Waals surface area contributed by atoms with E-state index in [9.17, 15) is 9.50 Å². The maximum absolute atomic E-state index is 14.0. The van der Waals surface area contributed by atoms with Crippen LogP contribution in [0.15, 0.2) is 48.5 Å². The SMILES string of the molecule is CC(C)c1ccc(CC(C)(CO)c2ccccc2F)cc1. The summed E-state index contributed by atoms with van der Waals surface area (Å²) in [5.41, 5.74) is 2.36. The highest BCUT2D eigenvalue weighted by molar-refractivity contribution is 5.32. The van der Waals surface area contributed by atoms with Crippen LogP contribution in [0.2, 0.25) is 0 Å². The molecule has 0 aliphatic carbocycles. The van der Waals surface area contributed by atoms with Crippen LogP contribution in [0.4, 0.5) is 4.39 Å². The zero-order valence-corrected chi connectivity index (χ0v) is 12.9. The van der Waals surface area contributed by atoms with E-state index >= 15 is 0 Å². The average Bonchev–Trinajstić information content (AvgIpc) is 2.48. The summed E-state index contributed by atoms with van der Waals surface area (Å²) in [4.78, 5) is 0. The van der Waals surface area contributed by atoms with Crippen molar-refractivity contribution in [1.82, 2.24) is 0 Å². The van der Waals surface area contributed by atoms with E-state index in [2.05, 4.69) is 38.1 Å². The lowest BCUT2D eigenvalue weighted by atomic mass is 9.77. The van der Waals surface area contributed by atoms with Gasteiger partial charge >= 0.3 is 0 Å². The lowest BCUT2D eigenvalue weighted by molar-refractivity contribution is 0.201. The number of aliphatic hydroxyl groups is 1. The molecule has 2 aromatic carbocycles. The van der Waals surface area contributed by atoms with Gasteiger partial charge in [0.15, 0.2) is 0 Å². The van der Waals surface area contributed by atoms with E-state index in [0.29, 0.717) is 17.9 Å². The Balaban J connectivity index is 2.28. The maximum atomic E-state index is 14.0. The van der Waals surface area contributed by atoms with E-state index < -0.39 is 5.41 Å². The number of benzene rings is 2. The van der Waals surface area contributed by atoms with Crippen LogP contribution < -0.4 is 0 Å². The summed E-state index contributed by atoms with van der Waals surface area (Å²) in [7, 11) is 0. The second-order valence-corrected chi connectivity index (χ2v) is 6.27. The maximum Gasteiger partial charge on any atom is 0.127 e. The lowest BCUT2D eigenvalue weighted by Crippen LogP contribution is -2.30. The minimum atomic E-state index is -0.606. The van der Waals surface area contributed by atoms with Gasteiger partial charge in [-0.05, 0) is 35.1 Å². The fourth-order valence-corrected chi connectivity index (χ4v) is 2.66. The predicted octanol–water partition coefficient (Wildman–Crippen LogP) is 4.44. The minimum Gasteiger partial charge on any atom is -0.395 e. The van der Waals surface area contributed by atoms with Gasteiger partial charge in [-0.1, -0.05) is 63.2 Å². The Hall–Kier alpha value is -1.67. The van der Waals surface area contributed by atoms with Crippen LogP contribution in [0.25, 0.3) is 0 Å². The van der Waals surface area contributed by atoms with E-state index in [1.807, 2.05) is 13.0 Å². The van der Waals surface area contributed by atoms with Crippen LogP contribution in [-0.2, 0) is 11.8 Å². The molecule has 1 atom stereocenters. The van der Waals surface area contributed by atoms with Crippen molar-refractivity contribution in [3.05, 3.63) is 71.0 Å². The molecule has 0 aliphatic rings. The summed E-state index contributed by atoms with van der Waals surface area (Å²) in [6.07, 6.45) is 0.614. The average molecular weight is 286 g/mol. The van der Waals surface area contributed by atoms with Crippen LogP contribution >= 0.6 is 0 Å². The van der Waals surface area contributed by atoms with Gasteiger partial charge in [-0.3, -0.25) is 0 Å². The van der Waals surface area contributed by atoms with Gasteiger partial charge < -0.3 is 5.11 Å². The fraction of sp³-hybridized carbons (Fsp3) is 0.368. The molecule has 1 unspecified atom stereocenters. The molecule has 112 valence electrons. The van der Waals surface area contributed by atoms with Crippen molar-refractivity contribution in [1.29, 1.82) is 0 Å². The third kappa shape index (κ3) is 3.51. The van der Waals surface area contributed by atoms with Crippen LogP contribution in [0.3, 0.4) is 0 Å². The lowest BCUT2D eigenvalue weighted by Gasteiger charge is -2.28. The molecule has 0 aliphatic heterocycles. The Labute approximate surface area is 126 Å². The molecule has 2 rings (SSSR count).